The predicted molar refractivity (Wildman–Crippen MR) is 157 cm³/mol. The number of halogens is 1. The molecule has 2 aliphatic carbocycles. The van der Waals surface area contributed by atoms with Crippen LogP contribution in [0.3, 0.4) is 0 Å². The van der Waals surface area contributed by atoms with Crippen LogP contribution in [0.1, 0.15) is 106 Å². The van der Waals surface area contributed by atoms with Gasteiger partial charge in [0.1, 0.15) is 5.76 Å². The molecule has 9 heteroatoms. The van der Waals surface area contributed by atoms with E-state index in [1.165, 1.54) is 17.9 Å². The van der Waals surface area contributed by atoms with E-state index in [2.05, 4.69) is 25.9 Å². The molecule has 222 valence electrons. The van der Waals surface area contributed by atoms with E-state index in [0.29, 0.717) is 35.4 Å². The number of nitrogens with zero attached hydrogens (tertiary/aromatic N) is 3. The molecular weight excluding hydrogens is 542 g/mol. The van der Waals surface area contributed by atoms with Crippen molar-refractivity contribution in [1.29, 1.82) is 0 Å². The maximum atomic E-state index is 13.9. The van der Waals surface area contributed by atoms with Crippen molar-refractivity contribution in [2.24, 2.45) is 17.3 Å². The molecule has 3 fully saturated rings. The molecule has 1 aromatic heterocycles. The minimum Gasteiger partial charge on any atom is -0.469 e. The van der Waals surface area contributed by atoms with Crippen LogP contribution in [-0.2, 0) is 19.1 Å². The Balaban J connectivity index is 1.41. The van der Waals surface area contributed by atoms with Crippen LogP contribution in [0, 0.1) is 24.2 Å². The van der Waals surface area contributed by atoms with Crippen molar-refractivity contribution >= 4 is 35.2 Å². The van der Waals surface area contributed by atoms with Crippen molar-refractivity contribution in [2.75, 3.05) is 24.6 Å². The second kappa shape index (κ2) is 11.8. The number of likely N-dealkylation sites (tertiary alicyclic amines) is 1. The average Bonchev–Trinajstić information content (AvgIpc) is 3.50. The fraction of sp³-hybridized carbons (Fsp3) is 0.625. The molecule has 3 aliphatic rings. The highest BCUT2D eigenvalue weighted by molar-refractivity contribution is 6.37. The lowest BCUT2D eigenvalue weighted by atomic mass is 9.66. The van der Waals surface area contributed by atoms with Gasteiger partial charge in [-0.05, 0) is 68.4 Å². The topological polar surface area (TPSA) is 93.0 Å². The van der Waals surface area contributed by atoms with Crippen molar-refractivity contribution in [1.82, 2.24) is 10.1 Å². The minimum absolute atomic E-state index is 0.00104. The van der Waals surface area contributed by atoms with Gasteiger partial charge >= 0.3 is 5.97 Å². The van der Waals surface area contributed by atoms with Crippen molar-refractivity contribution in [3.8, 4) is 0 Å². The van der Waals surface area contributed by atoms with Crippen LogP contribution in [-0.4, -0.2) is 48.0 Å². The van der Waals surface area contributed by atoms with Gasteiger partial charge in [-0.3, -0.25) is 14.4 Å². The molecule has 5 rings (SSSR count). The van der Waals surface area contributed by atoms with Gasteiger partial charge in [0.15, 0.2) is 0 Å². The molecular formula is C32H42ClN3O5. The van der Waals surface area contributed by atoms with Crippen LogP contribution >= 0.6 is 11.8 Å². The number of aromatic nitrogens is 1. The molecule has 0 spiro atoms. The van der Waals surface area contributed by atoms with Crippen molar-refractivity contribution in [2.45, 2.75) is 90.4 Å². The highest BCUT2D eigenvalue weighted by atomic mass is 35.5. The van der Waals surface area contributed by atoms with Crippen molar-refractivity contribution < 1.29 is 23.6 Å². The van der Waals surface area contributed by atoms with Crippen LogP contribution in [0.2, 0.25) is 0 Å². The average molecular weight is 584 g/mol. The molecule has 41 heavy (non-hydrogen) atoms. The molecule has 0 bridgehead atoms. The van der Waals surface area contributed by atoms with Gasteiger partial charge in [0, 0.05) is 48.7 Å². The summed E-state index contributed by atoms with van der Waals surface area (Å²) in [6.07, 6.45) is 5.57. The largest absolute Gasteiger partial charge is 0.469 e. The number of carbonyl (C=O) groups is 3. The van der Waals surface area contributed by atoms with Gasteiger partial charge in [0.2, 0.25) is 11.8 Å². The molecule has 2 atom stereocenters. The molecule has 2 saturated carbocycles. The number of benzene rings is 1. The highest BCUT2D eigenvalue weighted by Gasteiger charge is 2.48. The van der Waals surface area contributed by atoms with E-state index in [1.54, 1.807) is 4.90 Å². The van der Waals surface area contributed by atoms with Gasteiger partial charge in [-0.2, -0.15) is 0 Å². The summed E-state index contributed by atoms with van der Waals surface area (Å²) in [4.78, 5) is 40.4. The summed E-state index contributed by atoms with van der Waals surface area (Å²) in [6, 6.07) is 7.46. The SMILES string of the molecule is COC(=O)CCC(=O)N1C[C@H](C(=O)N(Cl)c2ccc(C)cc2)[C@@H](c2noc(C3CC(CC(C)(C)C)C3)c2C2CC2)C1. The van der Waals surface area contributed by atoms with E-state index in [1.807, 2.05) is 31.2 Å². The second-order valence-electron chi connectivity index (χ2n) is 13.5. The van der Waals surface area contributed by atoms with E-state index in [4.69, 9.17) is 21.0 Å². The number of carbonyl (C=O) groups excluding carboxylic acids is 3. The van der Waals surface area contributed by atoms with Crippen LogP contribution in [0.4, 0.5) is 5.69 Å². The summed E-state index contributed by atoms with van der Waals surface area (Å²) in [7, 11) is 1.31. The Kier molecular flexibility index (Phi) is 8.51. The molecule has 1 saturated heterocycles. The first-order chi connectivity index (χ1) is 19.4. The number of rotatable bonds is 9. The van der Waals surface area contributed by atoms with E-state index < -0.39 is 11.9 Å². The zero-order chi connectivity index (χ0) is 29.5. The van der Waals surface area contributed by atoms with Gasteiger partial charge in [-0.15, -0.1) is 0 Å². The Morgan fingerprint density at radius 2 is 1.76 bits per heavy atom. The first kappa shape index (κ1) is 29.6. The molecule has 8 nitrogen and oxygen atoms in total. The van der Waals surface area contributed by atoms with Crippen molar-refractivity contribution in [3.63, 3.8) is 0 Å². The Morgan fingerprint density at radius 1 is 1.07 bits per heavy atom. The zero-order valence-corrected chi connectivity index (χ0v) is 25.6. The summed E-state index contributed by atoms with van der Waals surface area (Å²) in [5.74, 6) is 0.587. The van der Waals surface area contributed by atoms with Crippen LogP contribution in [0.15, 0.2) is 28.8 Å². The predicted octanol–water partition coefficient (Wildman–Crippen LogP) is 6.47. The summed E-state index contributed by atoms with van der Waals surface area (Å²) in [6.45, 7) is 9.38. The maximum Gasteiger partial charge on any atom is 0.306 e. The lowest BCUT2D eigenvalue weighted by molar-refractivity contribution is -0.143. The number of esters is 1. The number of ether oxygens (including phenoxy) is 1. The Morgan fingerprint density at radius 3 is 2.37 bits per heavy atom. The van der Waals surface area contributed by atoms with E-state index in [0.717, 1.165) is 48.3 Å². The third-order valence-corrected chi connectivity index (χ3v) is 9.20. The zero-order valence-electron chi connectivity index (χ0n) is 24.8. The molecule has 1 aliphatic heterocycles. The van der Waals surface area contributed by atoms with Crippen LogP contribution in [0.25, 0.3) is 0 Å². The smallest absolute Gasteiger partial charge is 0.306 e. The van der Waals surface area contributed by atoms with E-state index >= 15 is 0 Å². The normalized spacial score (nSPS) is 24.2. The van der Waals surface area contributed by atoms with Gasteiger partial charge in [-0.1, -0.05) is 43.6 Å². The van der Waals surface area contributed by atoms with Crippen LogP contribution in [0.5, 0.6) is 0 Å². The molecule has 0 radical (unpaired) electrons. The first-order valence-electron chi connectivity index (χ1n) is 14.9. The third-order valence-electron chi connectivity index (χ3n) is 8.84. The minimum atomic E-state index is -0.582. The Hall–Kier alpha value is -2.87. The number of amides is 2. The van der Waals surface area contributed by atoms with Gasteiger partial charge in [0.05, 0.1) is 30.8 Å². The molecule has 0 unspecified atom stereocenters. The maximum absolute atomic E-state index is 13.9. The summed E-state index contributed by atoms with van der Waals surface area (Å²) in [5.41, 5.74) is 3.91. The molecule has 1 aromatic carbocycles. The standard InChI is InChI=1S/C32H42ClN3O5/c1-19-6-10-23(11-7-19)36(33)31(39)25-18-35(26(37)12-13-27(38)40-5)17-24(25)29-28(21-8-9-21)30(41-34-29)22-14-20(15-22)16-32(2,3)4/h6-7,10-11,20-22,24-25H,8-9,12-18H2,1-5H3/t20?,22?,24-,25-/m0/s1. The summed E-state index contributed by atoms with van der Waals surface area (Å²) >= 11 is 6.64. The van der Waals surface area contributed by atoms with Gasteiger partial charge in [-0.25, -0.2) is 4.42 Å². The first-order valence-corrected chi connectivity index (χ1v) is 15.2. The van der Waals surface area contributed by atoms with Crippen LogP contribution < -0.4 is 4.42 Å². The second-order valence-corrected chi connectivity index (χ2v) is 13.8. The number of hydrogen-bond donors (Lipinski definition) is 0. The van der Waals surface area contributed by atoms with Gasteiger partial charge < -0.3 is 14.2 Å². The summed E-state index contributed by atoms with van der Waals surface area (Å²) in [5, 5.41) is 4.62. The third kappa shape index (κ3) is 6.63. The van der Waals surface area contributed by atoms with Gasteiger partial charge in [0.25, 0.3) is 0 Å². The van der Waals surface area contributed by atoms with Crippen molar-refractivity contribution in [3.05, 3.63) is 46.8 Å². The fourth-order valence-electron chi connectivity index (χ4n) is 6.60. The quantitative estimate of drug-likeness (QED) is 0.248. The Labute approximate surface area is 247 Å². The monoisotopic (exact) mass is 583 g/mol. The summed E-state index contributed by atoms with van der Waals surface area (Å²) < 4.78 is 12.0. The lowest BCUT2D eigenvalue weighted by Gasteiger charge is -2.38. The Bertz CT molecular complexity index is 1270. The molecule has 2 aromatic rings. The van der Waals surface area contributed by atoms with E-state index in [9.17, 15) is 14.4 Å². The number of hydrogen-bond acceptors (Lipinski definition) is 6. The molecule has 2 amide bonds. The number of anilines is 1. The van der Waals surface area contributed by atoms with E-state index in [-0.39, 0.29) is 37.1 Å². The number of aryl methyl sites for hydroxylation is 1. The fourth-order valence-corrected chi connectivity index (χ4v) is 6.84. The molecule has 0 N–H and O–H groups in total. The number of methoxy groups -OCH3 is 1. The molecule has 2 heterocycles. The lowest BCUT2D eigenvalue weighted by Crippen LogP contribution is -2.34. The highest BCUT2D eigenvalue weighted by Crippen LogP contribution is 2.54.